The summed E-state index contributed by atoms with van der Waals surface area (Å²) in [5, 5.41) is 19.3. The first-order valence-electron chi connectivity index (χ1n) is 7.70. The fourth-order valence-electron chi connectivity index (χ4n) is 2.30. The summed E-state index contributed by atoms with van der Waals surface area (Å²) in [6.45, 7) is -0.312. The average Bonchev–Trinajstić information content (AvgIpc) is 2.96. The highest BCUT2D eigenvalue weighted by atomic mass is 19.3. The number of hydrogen-bond acceptors (Lipinski definition) is 6. The number of rotatable bonds is 8. The number of halogens is 2. The summed E-state index contributed by atoms with van der Waals surface area (Å²) in [4.78, 5) is 23.8. The summed E-state index contributed by atoms with van der Waals surface area (Å²) < 4.78 is 34.8. The van der Waals surface area contributed by atoms with E-state index in [1.165, 1.54) is 43.0 Å². The van der Waals surface area contributed by atoms with E-state index >= 15 is 0 Å². The fourth-order valence-corrected chi connectivity index (χ4v) is 2.30. The lowest BCUT2D eigenvalue weighted by atomic mass is 10.0. The zero-order chi connectivity index (χ0) is 20.2. The molecule has 0 aliphatic heterocycles. The lowest BCUT2D eigenvalue weighted by Gasteiger charge is -2.24. The van der Waals surface area contributed by atoms with Gasteiger partial charge >= 0.3 is 12.6 Å². The predicted molar refractivity (Wildman–Crippen MR) is 88.1 cm³/mol. The van der Waals surface area contributed by atoms with E-state index in [-0.39, 0.29) is 18.1 Å². The van der Waals surface area contributed by atoms with E-state index in [1.54, 1.807) is 6.92 Å². The summed E-state index contributed by atoms with van der Waals surface area (Å²) in [5.41, 5.74) is -0.929. The van der Waals surface area contributed by atoms with Crippen LogP contribution in [0.5, 0.6) is 5.75 Å². The maximum Gasteiger partial charge on any atom is 0.387 e. The zero-order valence-electron chi connectivity index (χ0n) is 14.8. The summed E-state index contributed by atoms with van der Waals surface area (Å²) in [6.07, 6.45) is 0. The number of hydrogen-bond donors (Lipinski definition) is 2. The molecule has 0 spiro atoms. The van der Waals surface area contributed by atoms with E-state index in [2.05, 4.69) is 20.4 Å². The molecule has 0 saturated carbocycles. The quantitative estimate of drug-likeness (QED) is 0.707. The van der Waals surface area contributed by atoms with E-state index in [0.29, 0.717) is 11.4 Å². The third-order valence-corrected chi connectivity index (χ3v) is 3.71. The molecule has 0 radical (unpaired) electrons. The fraction of sp³-hybridized carbons (Fsp3) is 0.375. The Hall–Kier alpha value is -3.08. The molecule has 0 aliphatic rings. The van der Waals surface area contributed by atoms with Gasteiger partial charge in [-0.25, -0.2) is 9.48 Å². The Morgan fingerprint density at radius 2 is 1.96 bits per heavy atom. The molecule has 1 heterocycles. The minimum atomic E-state index is -2.94. The first-order chi connectivity index (χ1) is 12.7. The third kappa shape index (κ3) is 4.56. The van der Waals surface area contributed by atoms with Crippen molar-refractivity contribution < 1.29 is 33.0 Å². The van der Waals surface area contributed by atoms with Crippen LogP contribution >= 0.6 is 0 Å². The Balaban J connectivity index is 2.23. The molecule has 2 rings (SSSR count). The number of methoxy groups -OCH3 is 1. The Kier molecular flexibility index (Phi) is 6.05. The van der Waals surface area contributed by atoms with Crippen LogP contribution in [0.4, 0.5) is 8.78 Å². The Bertz CT molecular complexity index is 825. The van der Waals surface area contributed by atoms with Gasteiger partial charge in [0.15, 0.2) is 11.2 Å². The molecule has 27 heavy (non-hydrogen) atoms. The van der Waals surface area contributed by atoms with Crippen LogP contribution in [-0.2, 0) is 9.53 Å². The highest BCUT2D eigenvalue weighted by Crippen LogP contribution is 2.19. The van der Waals surface area contributed by atoms with E-state index < -0.39 is 24.0 Å². The Labute approximate surface area is 152 Å². The SMILES string of the molecule is COCC(C)(NC(=O)c1nnn(-c2ccc(OC(F)F)cc2)c1C)C(=O)O. The van der Waals surface area contributed by atoms with Crippen molar-refractivity contribution >= 4 is 11.9 Å². The number of benzene rings is 1. The molecule has 9 nitrogen and oxygen atoms in total. The van der Waals surface area contributed by atoms with Gasteiger partial charge in [0.1, 0.15) is 5.75 Å². The molecule has 0 bridgehead atoms. The van der Waals surface area contributed by atoms with Gasteiger partial charge in [-0.1, -0.05) is 5.21 Å². The lowest BCUT2D eigenvalue weighted by Crippen LogP contribution is -2.55. The van der Waals surface area contributed by atoms with Crippen LogP contribution in [0.25, 0.3) is 5.69 Å². The number of nitrogens with one attached hydrogen (secondary N) is 1. The zero-order valence-corrected chi connectivity index (χ0v) is 14.8. The van der Waals surface area contributed by atoms with Crippen LogP contribution in [0.2, 0.25) is 0 Å². The molecule has 0 fully saturated rings. The molecular weight excluding hydrogens is 366 g/mol. The van der Waals surface area contributed by atoms with Crippen molar-refractivity contribution in [1.82, 2.24) is 20.3 Å². The van der Waals surface area contributed by atoms with Gasteiger partial charge in [-0.2, -0.15) is 8.78 Å². The molecule has 11 heteroatoms. The molecule has 1 amide bonds. The van der Waals surface area contributed by atoms with Crippen LogP contribution in [0, 0.1) is 6.92 Å². The summed E-state index contributed by atoms with van der Waals surface area (Å²) in [5.74, 6) is -2.03. The highest BCUT2D eigenvalue weighted by Gasteiger charge is 2.36. The van der Waals surface area contributed by atoms with Crippen molar-refractivity contribution in [3.63, 3.8) is 0 Å². The number of alkyl halides is 2. The Morgan fingerprint density at radius 1 is 1.33 bits per heavy atom. The maximum atomic E-state index is 12.4. The number of carboxylic acids is 1. The van der Waals surface area contributed by atoms with Crippen molar-refractivity contribution in [3.05, 3.63) is 35.7 Å². The molecule has 2 N–H and O–H groups in total. The second kappa shape index (κ2) is 8.08. The van der Waals surface area contributed by atoms with E-state index in [9.17, 15) is 23.5 Å². The molecule has 1 atom stereocenters. The molecule has 1 aromatic carbocycles. The number of carbonyl (C=O) groups is 2. The summed E-state index contributed by atoms with van der Waals surface area (Å²) >= 11 is 0. The highest BCUT2D eigenvalue weighted by molar-refractivity contribution is 5.97. The number of aromatic nitrogens is 3. The number of aliphatic carboxylic acids is 1. The first kappa shape index (κ1) is 20.2. The van der Waals surface area contributed by atoms with E-state index in [0.717, 1.165) is 0 Å². The standard InChI is InChI=1S/C16H18F2N4O5/c1-9-12(13(23)19-16(2,8-26-3)14(24)25)20-21-22(9)10-4-6-11(7-5-10)27-15(17)18/h4-7,15H,8H2,1-3H3,(H,19,23)(H,24,25). The summed E-state index contributed by atoms with van der Waals surface area (Å²) in [7, 11) is 1.32. The van der Waals surface area contributed by atoms with Crippen LogP contribution in [0.1, 0.15) is 23.1 Å². The van der Waals surface area contributed by atoms with Crippen LogP contribution < -0.4 is 10.1 Å². The minimum absolute atomic E-state index is 0.0266. The molecule has 0 saturated heterocycles. The Morgan fingerprint density at radius 3 is 2.48 bits per heavy atom. The minimum Gasteiger partial charge on any atom is -0.479 e. The van der Waals surface area contributed by atoms with Gasteiger partial charge in [-0.3, -0.25) is 4.79 Å². The number of carbonyl (C=O) groups excluding carboxylic acids is 1. The maximum absolute atomic E-state index is 12.4. The monoisotopic (exact) mass is 384 g/mol. The molecule has 0 aliphatic carbocycles. The third-order valence-electron chi connectivity index (χ3n) is 3.71. The topological polar surface area (TPSA) is 116 Å². The lowest BCUT2D eigenvalue weighted by molar-refractivity contribution is -0.145. The van der Waals surface area contributed by atoms with Gasteiger partial charge in [-0.05, 0) is 38.1 Å². The van der Waals surface area contributed by atoms with Crippen molar-refractivity contribution in [2.75, 3.05) is 13.7 Å². The van der Waals surface area contributed by atoms with Gasteiger partial charge in [0.25, 0.3) is 5.91 Å². The van der Waals surface area contributed by atoms with Crippen LogP contribution in [-0.4, -0.2) is 57.8 Å². The molecular formula is C16H18F2N4O5. The first-order valence-corrected chi connectivity index (χ1v) is 7.70. The van der Waals surface area contributed by atoms with Gasteiger partial charge in [0.05, 0.1) is 18.0 Å². The summed E-state index contributed by atoms with van der Waals surface area (Å²) in [6, 6.07) is 5.58. The smallest absolute Gasteiger partial charge is 0.387 e. The van der Waals surface area contributed by atoms with Crippen molar-refractivity contribution in [2.45, 2.75) is 26.0 Å². The molecule has 1 aromatic heterocycles. The van der Waals surface area contributed by atoms with E-state index in [4.69, 9.17) is 4.74 Å². The van der Waals surface area contributed by atoms with Crippen LogP contribution in [0.15, 0.2) is 24.3 Å². The normalized spacial score (nSPS) is 13.3. The van der Waals surface area contributed by atoms with Gasteiger partial charge in [0.2, 0.25) is 0 Å². The van der Waals surface area contributed by atoms with Crippen molar-refractivity contribution in [3.8, 4) is 11.4 Å². The number of ether oxygens (including phenoxy) is 2. The number of carboxylic acid groups (broad SMARTS) is 1. The predicted octanol–water partition coefficient (Wildman–Crippen LogP) is 1.40. The van der Waals surface area contributed by atoms with Crippen molar-refractivity contribution in [1.29, 1.82) is 0 Å². The average molecular weight is 384 g/mol. The van der Waals surface area contributed by atoms with Gasteiger partial charge < -0.3 is 19.9 Å². The molecule has 146 valence electrons. The largest absolute Gasteiger partial charge is 0.479 e. The molecule has 1 unspecified atom stereocenters. The second-order valence-electron chi connectivity index (χ2n) is 5.83. The van der Waals surface area contributed by atoms with Gasteiger partial charge in [0, 0.05) is 7.11 Å². The van der Waals surface area contributed by atoms with Gasteiger partial charge in [-0.15, -0.1) is 5.10 Å². The van der Waals surface area contributed by atoms with Crippen LogP contribution in [0.3, 0.4) is 0 Å². The number of nitrogens with zero attached hydrogens (tertiary/aromatic N) is 3. The second-order valence-corrected chi connectivity index (χ2v) is 5.83. The van der Waals surface area contributed by atoms with E-state index in [1.807, 2.05) is 0 Å². The molecule has 2 aromatic rings. The van der Waals surface area contributed by atoms with Crippen molar-refractivity contribution in [2.24, 2.45) is 0 Å². The number of amides is 1.